The molecule has 1 saturated heterocycles. The topological polar surface area (TPSA) is 41.6 Å². The summed E-state index contributed by atoms with van der Waals surface area (Å²) in [4.78, 5) is 14.5. The molecule has 0 aromatic heterocycles. The summed E-state index contributed by atoms with van der Waals surface area (Å²) in [6, 6.07) is 9.14. The van der Waals surface area contributed by atoms with E-state index in [2.05, 4.69) is 10.2 Å². The molecule has 0 unspecified atom stereocenters. The number of nitrogens with zero attached hydrogens (tertiary/aromatic N) is 1. The Bertz CT molecular complexity index is 805. The number of amides is 1. The van der Waals surface area contributed by atoms with Crippen LogP contribution in [0.5, 0.6) is 5.75 Å². The number of ether oxygens (including phenoxy) is 1. The van der Waals surface area contributed by atoms with Crippen LogP contribution in [0.3, 0.4) is 0 Å². The van der Waals surface area contributed by atoms with E-state index in [-0.39, 0.29) is 23.9 Å². The molecule has 1 aliphatic heterocycles. The molecule has 27 heavy (non-hydrogen) atoms. The van der Waals surface area contributed by atoms with Crippen LogP contribution in [0, 0.1) is 11.6 Å². The monoisotopic (exact) mass is 374 g/mol. The van der Waals surface area contributed by atoms with Crippen LogP contribution in [0.2, 0.25) is 0 Å². The number of carbonyl (C=O) groups is 1. The molecule has 1 N–H and O–H groups in total. The predicted octanol–water partition coefficient (Wildman–Crippen LogP) is 4.54. The van der Waals surface area contributed by atoms with Gasteiger partial charge in [0.15, 0.2) is 11.6 Å². The average Bonchev–Trinajstić information content (AvgIpc) is 2.67. The number of benzene rings is 2. The first-order chi connectivity index (χ1) is 13.1. The molecule has 4 nitrogen and oxygen atoms in total. The van der Waals surface area contributed by atoms with Gasteiger partial charge in [0, 0.05) is 19.5 Å². The maximum absolute atomic E-state index is 13.8. The first-order valence-corrected chi connectivity index (χ1v) is 9.23. The Morgan fingerprint density at radius 3 is 2.59 bits per heavy atom. The van der Waals surface area contributed by atoms with Crippen LogP contribution in [0.25, 0.3) is 0 Å². The van der Waals surface area contributed by atoms with Crippen molar-refractivity contribution in [3.63, 3.8) is 0 Å². The van der Waals surface area contributed by atoms with Crippen molar-refractivity contribution >= 4 is 17.3 Å². The highest BCUT2D eigenvalue weighted by molar-refractivity contribution is 5.94. The minimum absolute atomic E-state index is 0.175. The minimum atomic E-state index is -0.451. The van der Waals surface area contributed by atoms with E-state index < -0.39 is 5.82 Å². The summed E-state index contributed by atoms with van der Waals surface area (Å²) < 4.78 is 32.4. The molecule has 0 bridgehead atoms. The van der Waals surface area contributed by atoms with Crippen molar-refractivity contribution in [2.45, 2.75) is 32.1 Å². The van der Waals surface area contributed by atoms with Crippen LogP contribution in [0.4, 0.5) is 20.2 Å². The average molecular weight is 374 g/mol. The molecule has 1 aliphatic rings. The second-order valence-corrected chi connectivity index (χ2v) is 6.73. The summed E-state index contributed by atoms with van der Waals surface area (Å²) in [5, 5.41) is 2.82. The molecule has 3 rings (SSSR count). The van der Waals surface area contributed by atoms with Crippen LogP contribution in [0.1, 0.15) is 31.2 Å². The van der Waals surface area contributed by atoms with Crippen LogP contribution < -0.4 is 15.0 Å². The largest absolute Gasteiger partial charge is 0.494 e. The van der Waals surface area contributed by atoms with E-state index in [1.807, 2.05) is 0 Å². The van der Waals surface area contributed by atoms with Gasteiger partial charge in [-0.05, 0) is 61.6 Å². The molecule has 2 aromatic rings. The molecular formula is C21H24F2N2O2. The molecule has 2 aromatic carbocycles. The zero-order valence-electron chi connectivity index (χ0n) is 15.4. The quantitative estimate of drug-likeness (QED) is 0.807. The minimum Gasteiger partial charge on any atom is -0.494 e. The van der Waals surface area contributed by atoms with Crippen molar-refractivity contribution in [1.29, 1.82) is 0 Å². The third kappa shape index (κ3) is 4.96. The molecule has 0 aliphatic carbocycles. The van der Waals surface area contributed by atoms with E-state index in [0.717, 1.165) is 31.6 Å². The normalized spacial score (nSPS) is 14.1. The second-order valence-electron chi connectivity index (χ2n) is 6.73. The fourth-order valence-corrected chi connectivity index (χ4v) is 3.35. The van der Waals surface area contributed by atoms with Gasteiger partial charge in [-0.1, -0.05) is 6.07 Å². The van der Waals surface area contributed by atoms with Gasteiger partial charge in [0.05, 0.1) is 18.5 Å². The second kappa shape index (κ2) is 8.84. The Morgan fingerprint density at radius 1 is 1.11 bits per heavy atom. The fraction of sp³-hybridized carbons (Fsp3) is 0.381. The molecule has 144 valence electrons. The van der Waals surface area contributed by atoms with Crippen molar-refractivity contribution in [2.24, 2.45) is 0 Å². The van der Waals surface area contributed by atoms with Gasteiger partial charge in [-0.15, -0.1) is 0 Å². The number of aryl methyl sites for hydroxylation is 1. The third-order valence-electron chi connectivity index (χ3n) is 4.79. The molecule has 0 saturated carbocycles. The summed E-state index contributed by atoms with van der Waals surface area (Å²) in [5.74, 6) is -0.888. The lowest BCUT2D eigenvalue weighted by molar-refractivity contribution is -0.116. The van der Waals surface area contributed by atoms with E-state index in [0.29, 0.717) is 17.7 Å². The summed E-state index contributed by atoms with van der Waals surface area (Å²) in [5.41, 5.74) is 2.04. The summed E-state index contributed by atoms with van der Waals surface area (Å²) in [6.45, 7) is 1.80. The van der Waals surface area contributed by atoms with Gasteiger partial charge in [-0.3, -0.25) is 4.79 Å². The lowest BCUT2D eigenvalue weighted by atomic mass is 10.1. The van der Waals surface area contributed by atoms with E-state index in [1.54, 1.807) is 18.2 Å². The molecule has 0 spiro atoms. The van der Waals surface area contributed by atoms with Gasteiger partial charge in [0.25, 0.3) is 0 Å². The van der Waals surface area contributed by atoms with Crippen molar-refractivity contribution in [2.75, 3.05) is 30.4 Å². The number of anilines is 2. The summed E-state index contributed by atoms with van der Waals surface area (Å²) in [7, 11) is 1.41. The number of piperidine rings is 1. The fourth-order valence-electron chi connectivity index (χ4n) is 3.35. The maximum atomic E-state index is 13.8. The molecular weight excluding hydrogens is 350 g/mol. The molecule has 1 amide bonds. The van der Waals surface area contributed by atoms with Gasteiger partial charge >= 0.3 is 0 Å². The van der Waals surface area contributed by atoms with Gasteiger partial charge < -0.3 is 15.0 Å². The number of halogens is 2. The van der Waals surface area contributed by atoms with Crippen molar-refractivity contribution in [3.05, 3.63) is 53.6 Å². The lowest BCUT2D eigenvalue weighted by Gasteiger charge is -2.30. The van der Waals surface area contributed by atoms with E-state index >= 15 is 0 Å². The number of methoxy groups -OCH3 is 1. The number of nitrogens with one attached hydrogen (secondary N) is 1. The van der Waals surface area contributed by atoms with E-state index in [4.69, 9.17) is 4.74 Å². The molecule has 0 atom stereocenters. The van der Waals surface area contributed by atoms with Crippen LogP contribution in [0.15, 0.2) is 36.4 Å². The molecule has 0 radical (unpaired) electrons. The smallest absolute Gasteiger partial charge is 0.224 e. The third-order valence-corrected chi connectivity index (χ3v) is 4.79. The van der Waals surface area contributed by atoms with Gasteiger partial charge in [0.2, 0.25) is 5.91 Å². The summed E-state index contributed by atoms with van der Waals surface area (Å²) >= 11 is 0. The molecule has 1 fully saturated rings. The Labute approximate surface area is 158 Å². The predicted molar refractivity (Wildman–Crippen MR) is 102 cm³/mol. The van der Waals surface area contributed by atoms with Gasteiger partial charge in [-0.2, -0.15) is 0 Å². The standard InChI is InChI=1S/C21H24F2N2O2/c1-27-20-9-5-15(13-17(20)23)6-10-21(26)24-18-14-16(22)7-8-19(18)25-11-3-2-4-12-25/h5,7-9,13-14H,2-4,6,10-12H2,1H3,(H,24,26). The Balaban J connectivity index is 1.65. The SMILES string of the molecule is COc1ccc(CCC(=O)Nc2cc(F)ccc2N2CCCCC2)cc1F. The molecule has 6 heteroatoms. The first kappa shape index (κ1) is 19.1. The van der Waals surface area contributed by atoms with E-state index in [9.17, 15) is 13.6 Å². The van der Waals surface area contributed by atoms with E-state index in [1.165, 1.54) is 31.7 Å². The number of hydrogen-bond donors (Lipinski definition) is 1. The highest BCUT2D eigenvalue weighted by Gasteiger charge is 2.16. The van der Waals surface area contributed by atoms with Gasteiger partial charge in [0.1, 0.15) is 5.82 Å². The number of rotatable bonds is 6. The van der Waals surface area contributed by atoms with Crippen molar-refractivity contribution in [3.8, 4) is 5.75 Å². The number of carbonyl (C=O) groups excluding carboxylic acids is 1. The highest BCUT2D eigenvalue weighted by Crippen LogP contribution is 2.29. The highest BCUT2D eigenvalue weighted by atomic mass is 19.1. The van der Waals surface area contributed by atoms with Crippen LogP contribution in [-0.4, -0.2) is 26.1 Å². The number of hydrogen-bond acceptors (Lipinski definition) is 3. The first-order valence-electron chi connectivity index (χ1n) is 9.23. The van der Waals surface area contributed by atoms with Crippen molar-refractivity contribution < 1.29 is 18.3 Å². The van der Waals surface area contributed by atoms with Crippen LogP contribution >= 0.6 is 0 Å². The molecule has 1 heterocycles. The summed E-state index contributed by atoms with van der Waals surface area (Å²) in [6.07, 6.45) is 3.95. The van der Waals surface area contributed by atoms with Crippen LogP contribution in [-0.2, 0) is 11.2 Å². The Kier molecular flexibility index (Phi) is 6.27. The zero-order chi connectivity index (χ0) is 19.2. The zero-order valence-corrected chi connectivity index (χ0v) is 15.4. The Morgan fingerprint density at radius 2 is 1.89 bits per heavy atom. The van der Waals surface area contributed by atoms with Crippen molar-refractivity contribution in [1.82, 2.24) is 0 Å². The van der Waals surface area contributed by atoms with Gasteiger partial charge in [-0.25, -0.2) is 8.78 Å². The maximum Gasteiger partial charge on any atom is 0.224 e. The Hall–Kier alpha value is -2.63. The lowest BCUT2D eigenvalue weighted by Crippen LogP contribution is -2.30.